The molecule has 2 aromatic rings. The molecule has 2 atom stereocenters. The van der Waals surface area contributed by atoms with E-state index in [-0.39, 0.29) is 6.61 Å². The van der Waals surface area contributed by atoms with E-state index in [1.807, 2.05) is 36.4 Å². The van der Waals surface area contributed by atoms with E-state index in [9.17, 15) is 8.42 Å². The Bertz CT molecular complexity index is 904. The summed E-state index contributed by atoms with van der Waals surface area (Å²) in [4.78, 5) is 5.60. The quantitative estimate of drug-likeness (QED) is 0.704. The summed E-state index contributed by atoms with van der Waals surface area (Å²) in [6.07, 6.45) is 0. The fourth-order valence-electron chi connectivity index (χ4n) is 3.47. The molecule has 0 radical (unpaired) electrons. The second-order valence-corrected chi connectivity index (χ2v) is 8.99. The summed E-state index contributed by atoms with van der Waals surface area (Å²) in [5.74, 6) is 1.14. The van der Waals surface area contributed by atoms with E-state index in [4.69, 9.17) is 14.3 Å². The van der Waals surface area contributed by atoms with Crippen molar-refractivity contribution in [3.8, 4) is 11.5 Å². The third-order valence-corrected chi connectivity index (χ3v) is 7.16. The Morgan fingerprint density at radius 3 is 2.43 bits per heavy atom. The van der Waals surface area contributed by atoms with Crippen LogP contribution < -0.4 is 9.47 Å². The van der Waals surface area contributed by atoms with E-state index in [1.165, 1.54) is 4.31 Å². The lowest BCUT2D eigenvalue weighted by molar-refractivity contribution is -0.110. The Balaban J connectivity index is 1.89. The van der Waals surface area contributed by atoms with Crippen LogP contribution in [0.4, 0.5) is 0 Å². The number of ether oxygens (including phenoxy) is 2. The maximum absolute atomic E-state index is 13.3. The lowest BCUT2D eigenvalue weighted by atomic mass is 10.0. The fraction of sp³-hybridized carbons (Fsp3) is 0.400. The van der Waals surface area contributed by atoms with Crippen LogP contribution in [-0.2, 0) is 21.4 Å². The Labute approximate surface area is 166 Å². The molecule has 0 aliphatic carbocycles. The largest absolute Gasteiger partial charge is 0.493 e. The van der Waals surface area contributed by atoms with E-state index >= 15 is 0 Å². The van der Waals surface area contributed by atoms with Crippen LogP contribution in [0.1, 0.15) is 17.2 Å². The highest BCUT2D eigenvalue weighted by Gasteiger charge is 2.45. The van der Waals surface area contributed by atoms with Gasteiger partial charge in [-0.2, -0.15) is 5.06 Å². The minimum atomic E-state index is -3.61. The van der Waals surface area contributed by atoms with E-state index in [2.05, 4.69) is 0 Å². The van der Waals surface area contributed by atoms with Gasteiger partial charge in [0.1, 0.15) is 5.25 Å². The molecule has 0 amide bonds. The van der Waals surface area contributed by atoms with E-state index in [0.717, 1.165) is 11.1 Å². The number of hydroxylamine groups is 2. The van der Waals surface area contributed by atoms with Crippen LogP contribution in [0, 0.1) is 0 Å². The molecule has 0 spiro atoms. The number of benzene rings is 2. The molecular weight excluding hydrogens is 380 g/mol. The van der Waals surface area contributed by atoms with Gasteiger partial charge in [0.05, 0.1) is 26.9 Å². The van der Waals surface area contributed by atoms with Crippen LogP contribution >= 0.6 is 0 Å². The van der Waals surface area contributed by atoms with Crippen molar-refractivity contribution < 1.29 is 22.7 Å². The first kappa shape index (κ1) is 20.6. The van der Waals surface area contributed by atoms with E-state index in [0.29, 0.717) is 18.0 Å². The van der Waals surface area contributed by atoms with Crippen molar-refractivity contribution in [1.82, 2.24) is 9.37 Å². The molecule has 2 aromatic carbocycles. The summed E-state index contributed by atoms with van der Waals surface area (Å²) >= 11 is 0. The average Bonchev–Trinajstić information content (AvgIpc) is 3.10. The zero-order valence-electron chi connectivity index (χ0n) is 16.5. The summed E-state index contributed by atoms with van der Waals surface area (Å²) in [6, 6.07) is 14.5. The minimum Gasteiger partial charge on any atom is -0.493 e. The van der Waals surface area contributed by atoms with Crippen LogP contribution in [0.15, 0.2) is 48.5 Å². The standard InChI is InChI=1S/C20H26N2O5S/c1-21(13-15-8-6-5-7-9-15)28(23,24)19-14-27-22(2)20(19)16-10-11-17(25-3)18(12-16)26-4/h5-12,19-20H,13-14H2,1-4H3. The second-order valence-electron chi connectivity index (χ2n) is 6.73. The maximum atomic E-state index is 13.3. The van der Waals surface area contributed by atoms with E-state index in [1.54, 1.807) is 45.5 Å². The molecule has 0 saturated carbocycles. The third-order valence-electron chi connectivity index (χ3n) is 5.00. The first-order chi connectivity index (χ1) is 13.4. The molecule has 0 bridgehead atoms. The molecule has 1 aliphatic heterocycles. The summed E-state index contributed by atoms with van der Waals surface area (Å²) in [5, 5.41) is 0.865. The monoisotopic (exact) mass is 406 g/mol. The van der Waals surface area contributed by atoms with Crippen molar-refractivity contribution in [1.29, 1.82) is 0 Å². The third kappa shape index (κ3) is 4.00. The molecule has 2 unspecified atom stereocenters. The first-order valence-corrected chi connectivity index (χ1v) is 10.5. The number of methoxy groups -OCH3 is 2. The molecule has 1 fully saturated rings. The molecule has 7 nitrogen and oxygen atoms in total. The number of nitrogens with zero attached hydrogens (tertiary/aromatic N) is 2. The Hall–Kier alpha value is -2.13. The number of sulfonamides is 1. The van der Waals surface area contributed by atoms with Crippen LogP contribution in [-0.4, -0.2) is 58.0 Å². The highest BCUT2D eigenvalue weighted by atomic mass is 32.2. The number of hydrogen-bond acceptors (Lipinski definition) is 6. The van der Waals surface area contributed by atoms with Gasteiger partial charge in [0.15, 0.2) is 11.5 Å². The predicted octanol–water partition coefficient (Wildman–Crippen LogP) is 2.45. The fourth-order valence-corrected chi connectivity index (χ4v) is 5.15. The highest BCUT2D eigenvalue weighted by molar-refractivity contribution is 7.89. The molecule has 0 aromatic heterocycles. The van der Waals surface area contributed by atoms with Crippen molar-refractivity contribution in [2.45, 2.75) is 17.8 Å². The molecule has 0 N–H and O–H groups in total. The highest BCUT2D eigenvalue weighted by Crippen LogP contribution is 2.38. The number of rotatable bonds is 7. The van der Waals surface area contributed by atoms with Crippen LogP contribution in [0.3, 0.4) is 0 Å². The smallest absolute Gasteiger partial charge is 0.221 e. The zero-order chi connectivity index (χ0) is 20.3. The topological polar surface area (TPSA) is 68.3 Å². The lowest BCUT2D eigenvalue weighted by Crippen LogP contribution is -2.40. The van der Waals surface area contributed by atoms with Gasteiger partial charge < -0.3 is 9.47 Å². The molecule has 1 aliphatic rings. The van der Waals surface area contributed by atoms with Crippen LogP contribution in [0.25, 0.3) is 0 Å². The SMILES string of the molecule is COc1ccc(C2C(S(=O)(=O)N(C)Cc3ccccc3)CON2C)cc1OC. The predicted molar refractivity (Wildman–Crippen MR) is 107 cm³/mol. The summed E-state index contributed by atoms with van der Waals surface area (Å²) in [5.41, 5.74) is 1.72. The number of hydrogen-bond donors (Lipinski definition) is 0. The van der Waals surface area contributed by atoms with Gasteiger partial charge >= 0.3 is 0 Å². The summed E-state index contributed by atoms with van der Waals surface area (Å²) in [6.45, 7) is 0.402. The maximum Gasteiger partial charge on any atom is 0.221 e. The van der Waals surface area contributed by atoms with Gasteiger partial charge in [-0.25, -0.2) is 12.7 Å². The first-order valence-electron chi connectivity index (χ1n) is 8.95. The van der Waals surface area contributed by atoms with Crippen LogP contribution in [0.5, 0.6) is 11.5 Å². The molecule has 28 heavy (non-hydrogen) atoms. The van der Waals surface area contributed by atoms with Gasteiger partial charge in [-0.3, -0.25) is 4.84 Å². The average molecular weight is 407 g/mol. The molecule has 1 heterocycles. The Kier molecular flexibility index (Phi) is 6.24. The van der Waals surface area contributed by atoms with E-state index < -0.39 is 21.3 Å². The zero-order valence-corrected chi connectivity index (χ0v) is 17.3. The molecular formula is C20H26N2O5S. The van der Waals surface area contributed by atoms with Gasteiger partial charge in [-0.15, -0.1) is 0 Å². The van der Waals surface area contributed by atoms with Crippen molar-refractivity contribution >= 4 is 10.0 Å². The molecule has 152 valence electrons. The summed E-state index contributed by atoms with van der Waals surface area (Å²) < 4.78 is 38.7. The van der Waals surface area contributed by atoms with Gasteiger partial charge in [-0.05, 0) is 23.3 Å². The Morgan fingerprint density at radius 2 is 1.79 bits per heavy atom. The van der Waals surface area contributed by atoms with Gasteiger partial charge in [0, 0.05) is 20.6 Å². The normalized spacial score (nSPS) is 20.5. The van der Waals surface area contributed by atoms with Gasteiger partial charge in [0.25, 0.3) is 0 Å². The Morgan fingerprint density at radius 1 is 1.11 bits per heavy atom. The lowest BCUT2D eigenvalue weighted by Gasteiger charge is -2.27. The van der Waals surface area contributed by atoms with Gasteiger partial charge in [0.2, 0.25) is 10.0 Å². The van der Waals surface area contributed by atoms with Crippen LogP contribution in [0.2, 0.25) is 0 Å². The summed E-state index contributed by atoms with van der Waals surface area (Å²) in [7, 11) is 2.86. The molecule has 8 heteroatoms. The van der Waals surface area contributed by atoms with Crippen molar-refractivity contribution in [3.63, 3.8) is 0 Å². The molecule has 1 saturated heterocycles. The van der Waals surface area contributed by atoms with Crippen molar-refractivity contribution in [2.75, 3.05) is 34.9 Å². The van der Waals surface area contributed by atoms with Gasteiger partial charge in [-0.1, -0.05) is 36.4 Å². The molecule has 3 rings (SSSR count). The second kappa shape index (κ2) is 8.48. The minimum absolute atomic E-state index is 0.0942. The van der Waals surface area contributed by atoms with Crippen molar-refractivity contribution in [3.05, 3.63) is 59.7 Å². The van der Waals surface area contributed by atoms with Crippen molar-refractivity contribution in [2.24, 2.45) is 0 Å².